The summed E-state index contributed by atoms with van der Waals surface area (Å²) in [5, 5.41) is 10.9. The first kappa shape index (κ1) is 25.7. The van der Waals surface area contributed by atoms with Crippen LogP contribution in [0.3, 0.4) is 0 Å². The molecule has 0 spiro atoms. The lowest BCUT2D eigenvalue weighted by molar-refractivity contribution is -0.142. The van der Waals surface area contributed by atoms with Gasteiger partial charge in [0.1, 0.15) is 5.54 Å². The largest absolute Gasteiger partial charge is 0.417 e. The molecule has 0 fully saturated rings. The first-order chi connectivity index (χ1) is 13.5. The standard InChI is InChI=1S/C16H18F6N4O3S/c1-3-30(28,29)12-6-9(8-23)10(16(20,21)22)7-11(12)25-13(27)14(2,26-24)4-5-15(17,18)19/h6-7,26H,3-5,24H2,1-2H3,(H,25,27). The number of nitrogens with zero attached hydrogens (tertiary/aromatic N) is 1. The van der Waals surface area contributed by atoms with Gasteiger partial charge in [-0.05, 0) is 25.5 Å². The second-order valence-corrected chi connectivity index (χ2v) is 8.70. The topological polar surface area (TPSA) is 125 Å². The molecule has 168 valence electrons. The highest BCUT2D eigenvalue weighted by molar-refractivity contribution is 7.91. The molecule has 1 aromatic carbocycles. The van der Waals surface area contributed by atoms with Gasteiger partial charge in [0, 0.05) is 6.42 Å². The number of nitrogens with one attached hydrogen (secondary N) is 2. The number of hydrogen-bond donors (Lipinski definition) is 3. The van der Waals surface area contributed by atoms with E-state index in [-0.39, 0.29) is 6.07 Å². The van der Waals surface area contributed by atoms with E-state index in [4.69, 9.17) is 11.1 Å². The SMILES string of the molecule is CCS(=O)(=O)c1cc(C#N)c(C(F)(F)F)cc1NC(=O)C(C)(CCC(F)(F)F)NN. The van der Waals surface area contributed by atoms with E-state index < -0.39 is 73.9 Å². The van der Waals surface area contributed by atoms with Gasteiger partial charge in [0.05, 0.1) is 33.5 Å². The Kier molecular flexibility index (Phi) is 7.51. The third-order valence-corrected chi connectivity index (χ3v) is 6.01. The molecule has 1 atom stereocenters. The Balaban J connectivity index is 3.55. The van der Waals surface area contributed by atoms with Gasteiger partial charge in [-0.1, -0.05) is 6.92 Å². The van der Waals surface area contributed by atoms with Crippen LogP contribution in [0.2, 0.25) is 0 Å². The van der Waals surface area contributed by atoms with Crippen LogP contribution in [-0.4, -0.2) is 31.8 Å². The number of halogens is 6. The average molecular weight is 460 g/mol. The van der Waals surface area contributed by atoms with Crippen LogP contribution >= 0.6 is 0 Å². The molecule has 0 saturated heterocycles. The fraction of sp³-hybridized carbons (Fsp3) is 0.500. The minimum atomic E-state index is -5.06. The second-order valence-electron chi connectivity index (χ2n) is 6.45. The van der Waals surface area contributed by atoms with Crippen LogP contribution in [0.15, 0.2) is 17.0 Å². The smallest absolute Gasteiger partial charge is 0.323 e. The summed E-state index contributed by atoms with van der Waals surface area (Å²) in [4.78, 5) is 11.7. The quantitative estimate of drug-likeness (QED) is 0.327. The molecule has 4 N–H and O–H groups in total. The highest BCUT2D eigenvalue weighted by atomic mass is 32.2. The second kappa shape index (κ2) is 8.78. The Morgan fingerprint density at radius 2 is 1.73 bits per heavy atom. The molecule has 14 heteroatoms. The fourth-order valence-corrected chi connectivity index (χ4v) is 3.37. The van der Waals surface area contributed by atoms with Crippen molar-refractivity contribution in [3.8, 4) is 6.07 Å². The highest BCUT2D eigenvalue weighted by Gasteiger charge is 2.40. The maximum Gasteiger partial charge on any atom is 0.417 e. The van der Waals surface area contributed by atoms with Crippen molar-refractivity contribution in [2.24, 2.45) is 5.84 Å². The highest BCUT2D eigenvalue weighted by Crippen LogP contribution is 2.37. The molecule has 1 unspecified atom stereocenters. The molecular weight excluding hydrogens is 442 g/mol. The first-order valence-corrected chi connectivity index (χ1v) is 9.90. The van der Waals surface area contributed by atoms with Gasteiger partial charge in [-0.15, -0.1) is 0 Å². The number of benzene rings is 1. The van der Waals surface area contributed by atoms with E-state index in [1.54, 1.807) is 0 Å². The zero-order valence-electron chi connectivity index (χ0n) is 15.7. The normalized spacial score (nSPS) is 14.7. The van der Waals surface area contributed by atoms with Gasteiger partial charge in [0.15, 0.2) is 9.84 Å². The number of nitriles is 1. The summed E-state index contributed by atoms with van der Waals surface area (Å²) < 4.78 is 102. The number of carbonyl (C=O) groups is 1. The summed E-state index contributed by atoms with van der Waals surface area (Å²) >= 11 is 0. The van der Waals surface area contributed by atoms with E-state index in [1.807, 2.05) is 10.7 Å². The van der Waals surface area contributed by atoms with E-state index in [0.29, 0.717) is 6.07 Å². The van der Waals surface area contributed by atoms with Crippen LogP contribution in [0.5, 0.6) is 0 Å². The molecule has 30 heavy (non-hydrogen) atoms. The zero-order valence-corrected chi connectivity index (χ0v) is 16.5. The number of rotatable bonds is 7. The molecule has 7 nitrogen and oxygen atoms in total. The lowest BCUT2D eigenvalue weighted by atomic mass is 9.95. The van der Waals surface area contributed by atoms with E-state index in [0.717, 1.165) is 6.92 Å². The molecule has 0 aliphatic heterocycles. The predicted molar refractivity (Wildman–Crippen MR) is 93.5 cm³/mol. The molecule has 0 heterocycles. The number of alkyl halides is 6. The lowest BCUT2D eigenvalue weighted by Gasteiger charge is -2.28. The average Bonchev–Trinajstić information content (AvgIpc) is 2.64. The summed E-state index contributed by atoms with van der Waals surface area (Å²) in [6.07, 6.45) is -12.0. The van der Waals surface area contributed by atoms with Crippen molar-refractivity contribution in [2.45, 2.75) is 49.5 Å². The molecule has 0 radical (unpaired) electrons. The van der Waals surface area contributed by atoms with Crippen LogP contribution in [0.4, 0.5) is 32.0 Å². The Morgan fingerprint density at radius 3 is 2.13 bits per heavy atom. The van der Waals surface area contributed by atoms with E-state index in [9.17, 15) is 39.6 Å². The van der Waals surface area contributed by atoms with E-state index in [2.05, 4.69) is 0 Å². The number of hydrazine groups is 1. The molecule has 1 amide bonds. The van der Waals surface area contributed by atoms with Crippen molar-refractivity contribution in [1.82, 2.24) is 5.43 Å². The number of anilines is 1. The molecule has 1 rings (SSSR count). The van der Waals surface area contributed by atoms with E-state index >= 15 is 0 Å². The van der Waals surface area contributed by atoms with Crippen LogP contribution in [0.25, 0.3) is 0 Å². The summed E-state index contributed by atoms with van der Waals surface area (Å²) in [6, 6.07) is 1.95. The van der Waals surface area contributed by atoms with Crippen molar-refractivity contribution >= 4 is 21.4 Å². The number of carbonyl (C=O) groups excluding carboxylic acids is 1. The van der Waals surface area contributed by atoms with Crippen LogP contribution < -0.4 is 16.6 Å². The van der Waals surface area contributed by atoms with Crippen molar-refractivity contribution in [2.75, 3.05) is 11.1 Å². The summed E-state index contributed by atoms with van der Waals surface area (Å²) in [5.74, 6) is 3.30. The van der Waals surface area contributed by atoms with E-state index in [1.165, 1.54) is 13.0 Å². The predicted octanol–water partition coefficient (Wildman–Crippen LogP) is 2.87. The minimum Gasteiger partial charge on any atom is -0.323 e. The Hall–Kier alpha value is -2.37. The number of amides is 1. The van der Waals surface area contributed by atoms with Gasteiger partial charge in [-0.2, -0.15) is 31.6 Å². The molecule has 0 bridgehead atoms. The lowest BCUT2D eigenvalue weighted by Crippen LogP contribution is -2.56. The van der Waals surface area contributed by atoms with Gasteiger partial charge in [0.25, 0.3) is 0 Å². The van der Waals surface area contributed by atoms with Crippen LogP contribution in [0.1, 0.15) is 37.8 Å². The van der Waals surface area contributed by atoms with Gasteiger partial charge in [0.2, 0.25) is 5.91 Å². The van der Waals surface area contributed by atoms with Crippen LogP contribution in [-0.2, 0) is 20.8 Å². The van der Waals surface area contributed by atoms with Crippen molar-refractivity contribution in [3.63, 3.8) is 0 Å². The summed E-state index contributed by atoms with van der Waals surface area (Å²) in [7, 11) is -4.22. The molecule has 0 aromatic heterocycles. The van der Waals surface area contributed by atoms with Gasteiger partial charge < -0.3 is 5.32 Å². The number of nitrogens with two attached hydrogens (primary N) is 1. The summed E-state index contributed by atoms with van der Waals surface area (Å²) in [5.41, 5.74) is -3.56. The third kappa shape index (κ3) is 6.07. The van der Waals surface area contributed by atoms with Crippen LogP contribution in [0, 0.1) is 11.3 Å². The zero-order chi connectivity index (χ0) is 23.5. The number of sulfone groups is 1. The van der Waals surface area contributed by atoms with Crippen molar-refractivity contribution < 1.29 is 39.6 Å². The maximum absolute atomic E-state index is 13.2. The first-order valence-electron chi connectivity index (χ1n) is 8.25. The Labute approximate surface area is 168 Å². The monoisotopic (exact) mass is 460 g/mol. The fourth-order valence-electron chi connectivity index (χ4n) is 2.32. The number of hydrogen-bond acceptors (Lipinski definition) is 6. The molecule has 1 aromatic rings. The van der Waals surface area contributed by atoms with Crippen molar-refractivity contribution in [3.05, 3.63) is 23.3 Å². The van der Waals surface area contributed by atoms with Gasteiger partial charge >= 0.3 is 12.4 Å². The van der Waals surface area contributed by atoms with Crippen molar-refractivity contribution in [1.29, 1.82) is 5.26 Å². The third-order valence-electron chi connectivity index (χ3n) is 4.24. The van der Waals surface area contributed by atoms with Gasteiger partial charge in [-0.3, -0.25) is 10.6 Å². The molecule has 0 aliphatic rings. The molecule has 0 aliphatic carbocycles. The maximum atomic E-state index is 13.2. The molecule has 0 saturated carbocycles. The van der Waals surface area contributed by atoms with Gasteiger partial charge in [-0.25, -0.2) is 13.8 Å². The summed E-state index contributed by atoms with van der Waals surface area (Å²) in [6.45, 7) is 2.15. The molecular formula is C16H18F6N4O3S. The Morgan fingerprint density at radius 1 is 1.17 bits per heavy atom. The minimum absolute atomic E-state index is 0.250. The Bertz CT molecular complexity index is 953.